The second kappa shape index (κ2) is 8.03. The van der Waals surface area contributed by atoms with E-state index in [4.69, 9.17) is 0 Å². The molecule has 0 spiro atoms. The highest BCUT2D eigenvalue weighted by Crippen LogP contribution is 2.32. The fourth-order valence-electron chi connectivity index (χ4n) is 2.94. The van der Waals surface area contributed by atoms with E-state index in [-0.39, 0.29) is 12.2 Å². The fraction of sp³-hybridized carbons (Fsp3) is 1.00. The van der Waals surface area contributed by atoms with Crippen LogP contribution in [-0.4, -0.2) is 44.4 Å². The second-order valence-corrected chi connectivity index (χ2v) is 8.22. The van der Waals surface area contributed by atoms with Crippen LogP contribution in [0.15, 0.2) is 0 Å². The number of rotatable bonds is 5. The second-order valence-electron chi connectivity index (χ2n) is 5.52. The van der Waals surface area contributed by atoms with E-state index in [1.54, 1.807) is 0 Å². The predicted molar refractivity (Wildman–Crippen MR) is 81.4 cm³/mol. The standard InChI is InChI=1S/C14H26O2S2/c15-11-5-1-3-7-13(11)17-9-10-18-14-8-4-2-6-12(14)16/h11-16H,1-10H2/t11-,12+,13-,14+. The van der Waals surface area contributed by atoms with Crippen LogP contribution in [0.25, 0.3) is 0 Å². The maximum atomic E-state index is 9.89. The van der Waals surface area contributed by atoms with Gasteiger partial charge in [-0.05, 0) is 25.7 Å². The van der Waals surface area contributed by atoms with Crippen molar-refractivity contribution in [1.82, 2.24) is 0 Å². The average molecular weight is 290 g/mol. The Balaban J connectivity index is 1.57. The lowest BCUT2D eigenvalue weighted by molar-refractivity contribution is 0.136. The van der Waals surface area contributed by atoms with Crippen molar-refractivity contribution >= 4 is 23.5 Å². The van der Waals surface area contributed by atoms with Crippen LogP contribution in [0.1, 0.15) is 51.4 Å². The molecule has 0 aliphatic heterocycles. The monoisotopic (exact) mass is 290 g/mol. The Kier molecular flexibility index (Phi) is 6.70. The first-order valence-corrected chi connectivity index (χ1v) is 9.46. The van der Waals surface area contributed by atoms with Gasteiger partial charge in [0.25, 0.3) is 0 Å². The molecular formula is C14H26O2S2. The van der Waals surface area contributed by atoms with Crippen molar-refractivity contribution in [3.8, 4) is 0 Å². The minimum atomic E-state index is -0.0750. The van der Waals surface area contributed by atoms with Crippen LogP contribution in [0.2, 0.25) is 0 Å². The molecule has 2 nitrogen and oxygen atoms in total. The molecule has 2 saturated carbocycles. The van der Waals surface area contributed by atoms with Crippen molar-refractivity contribution in [2.75, 3.05) is 11.5 Å². The first kappa shape index (κ1) is 15.0. The third-order valence-corrected chi connectivity index (χ3v) is 7.18. The zero-order valence-corrected chi connectivity index (χ0v) is 12.7. The van der Waals surface area contributed by atoms with Gasteiger partial charge in [0.2, 0.25) is 0 Å². The minimum Gasteiger partial charge on any atom is -0.392 e. The molecular weight excluding hydrogens is 264 g/mol. The SMILES string of the molecule is O[C@@H]1CCCC[C@H]1SCCS[C@H]1CCCC[C@@H]1O. The molecule has 2 fully saturated rings. The lowest BCUT2D eigenvalue weighted by Gasteiger charge is -2.28. The highest BCUT2D eigenvalue weighted by Gasteiger charge is 2.25. The third-order valence-electron chi connectivity index (χ3n) is 4.08. The molecule has 4 atom stereocenters. The fourth-order valence-corrected chi connectivity index (χ4v) is 5.70. The van der Waals surface area contributed by atoms with Crippen molar-refractivity contribution in [2.24, 2.45) is 0 Å². The topological polar surface area (TPSA) is 40.5 Å². The summed E-state index contributed by atoms with van der Waals surface area (Å²) in [6, 6.07) is 0. The molecule has 0 radical (unpaired) electrons. The summed E-state index contributed by atoms with van der Waals surface area (Å²) in [6.45, 7) is 0. The van der Waals surface area contributed by atoms with Crippen LogP contribution in [0, 0.1) is 0 Å². The number of thioether (sulfide) groups is 2. The molecule has 0 bridgehead atoms. The number of aliphatic hydroxyl groups excluding tert-OH is 2. The Labute approximate surface area is 119 Å². The van der Waals surface area contributed by atoms with Crippen molar-refractivity contribution in [3.63, 3.8) is 0 Å². The largest absolute Gasteiger partial charge is 0.392 e. The van der Waals surface area contributed by atoms with Crippen LogP contribution < -0.4 is 0 Å². The molecule has 0 amide bonds. The van der Waals surface area contributed by atoms with Gasteiger partial charge in [0.05, 0.1) is 12.2 Å². The van der Waals surface area contributed by atoms with Gasteiger partial charge < -0.3 is 10.2 Å². The van der Waals surface area contributed by atoms with Gasteiger partial charge in [-0.2, -0.15) is 23.5 Å². The van der Waals surface area contributed by atoms with Crippen LogP contribution in [0.4, 0.5) is 0 Å². The van der Waals surface area contributed by atoms with Crippen molar-refractivity contribution < 1.29 is 10.2 Å². The van der Waals surface area contributed by atoms with Gasteiger partial charge in [-0.3, -0.25) is 0 Å². The maximum absolute atomic E-state index is 9.89. The van der Waals surface area contributed by atoms with Crippen molar-refractivity contribution in [2.45, 2.75) is 74.1 Å². The molecule has 0 heterocycles. The number of aliphatic hydroxyl groups is 2. The molecule has 4 heteroatoms. The lowest BCUT2D eigenvalue weighted by Crippen LogP contribution is -2.28. The van der Waals surface area contributed by atoms with Gasteiger partial charge >= 0.3 is 0 Å². The Morgan fingerprint density at radius 1 is 0.667 bits per heavy atom. The third kappa shape index (κ3) is 4.62. The molecule has 18 heavy (non-hydrogen) atoms. The van der Waals surface area contributed by atoms with E-state index >= 15 is 0 Å². The highest BCUT2D eigenvalue weighted by molar-refractivity contribution is 8.03. The summed E-state index contributed by atoms with van der Waals surface area (Å²) in [5, 5.41) is 20.7. The quantitative estimate of drug-likeness (QED) is 0.764. The number of hydrogen-bond donors (Lipinski definition) is 2. The Bertz CT molecular complexity index is 214. The predicted octanol–water partition coefficient (Wildman–Crippen LogP) is 3.06. The van der Waals surface area contributed by atoms with Crippen LogP contribution >= 0.6 is 23.5 Å². The Morgan fingerprint density at radius 2 is 1.06 bits per heavy atom. The molecule has 0 aromatic rings. The van der Waals surface area contributed by atoms with Crippen LogP contribution in [-0.2, 0) is 0 Å². The summed E-state index contributed by atoms with van der Waals surface area (Å²) in [5.41, 5.74) is 0. The van der Waals surface area contributed by atoms with E-state index in [1.165, 1.54) is 38.5 Å². The molecule has 2 aliphatic carbocycles. The minimum absolute atomic E-state index is 0.0750. The van der Waals surface area contributed by atoms with E-state index in [0.717, 1.165) is 24.3 Å². The molecule has 2 aliphatic rings. The average Bonchev–Trinajstić information content (AvgIpc) is 2.38. The first-order chi connectivity index (χ1) is 8.77. The van der Waals surface area contributed by atoms with Crippen LogP contribution in [0.3, 0.4) is 0 Å². The van der Waals surface area contributed by atoms with Gasteiger partial charge in [0.15, 0.2) is 0 Å². The molecule has 0 saturated heterocycles. The number of hydrogen-bond acceptors (Lipinski definition) is 4. The van der Waals surface area contributed by atoms with E-state index in [9.17, 15) is 10.2 Å². The zero-order chi connectivity index (χ0) is 12.8. The molecule has 0 aromatic carbocycles. The van der Waals surface area contributed by atoms with Gasteiger partial charge in [-0.15, -0.1) is 0 Å². The van der Waals surface area contributed by atoms with Crippen molar-refractivity contribution in [1.29, 1.82) is 0 Å². The normalized spacial score (nSPS) is 37.7. The van der Waals surface area contributed by atoms with Gasteiger partial charge in [-0.1, -0.05) is 25.7 Å². The summed E-state index contributed by atoms with van der Waals surface area (Å²) in [7, 11) is 0. The summed E-state index contributed by atoms with van der Waals surface area (Å²) < 4.78 is 0. The van der Waals surface area contributed by atoms with Gasteiger partial charge in [-0.25, -0.2) is 0 Å². The van der Waals surface area contributed by atoms with Crippen molar-refractivity contribution in [3.05, 3.63) is 0 Å². The van der Waals surface area contributed by atoms with Crippen LogP contribution in [0.5, 0.6) is 0 Å². The maximum Gasteiger partial charge on any atom is 0.0658 e. The summed E-state index contributed by atoms with van der Waals surface area (Å²) >= 11 is 3.89. The summed E-state index contributed by atoms with van der Waals surface area (Å²) in [4.78, 5) is 0. The Hall–Kier alpha value is 0.620. The first-order valence-electron chi connectivity index (χ1n) is 7.36. The molecule has 0 aromatic heterocycles. The zero-order valence-electron chi connectivity index (χ0n) is 11.1. The van der Waals surface area contributed by atoms with E-state index < -0.39 is 0 Å². The molecule has 2 N–H and O–H groups in total. The lowest BCUT2D eigenvalue weighted by atomic mass is 9.97. The Morgan fingerprint density at radius 3 is 1.44 bits per heavy atom. The summed E-state index contributed by atoms with van der Waals surface area (Å²) in [5.74, 6) is 2.24. The van der Waals surface area contributed by atoms with Gasteiger partial charge in [0, 0.05) is 22.0 Å². The molecule has 2 rings (SSSR count). The van der Waals surface area contributed by atoms with E-state index in [1.807, 2.05) is 23.5 Å². The highest BCUT2D eigenvalue weighted by atomic mass is 32.2. The molecule has 0 unspecified atom stereocenters. The molecule has 106 valence electrons. The summed E-state index contributed by atoms with van der Waals surface area (Å²) in [6.07, 6.45) is 9.15. The van der Waals surface area contributed by atoms with E-state index in [2.05, 4.69) is 0 Å². The van der Waals surface area contributed by atoms with E-state index in [0.29, 0.717) is 10.5 Å². The smallest absolute Gasteiger partial charge is 0.0658 e. The van der Waals surface area contributed by atoms with Gasteiger partial charge in [0.1, 0.15) is 0 Å².